The highest BCUT2D eigenvalue weighted by molar-refractivity contribution is 5.92. The molecule has 0 atom stereocenters. The number of carbonyl (C=O) groups is 2. The van der Waals surface area contributed by atoms with E-state index in [0.29, 0.717) is 6.54 Å². The molecule has 2 amide bonds. The predicted octanol–water partition coefficient (Wildman–Crippen LogP) is 0.741. The third-order valence-electron chi connectivity index (χ3n) is 2.20. The predicted molar refractivity (Wildman–Crippen MR) is 71.2 cm³/mol. The van der Waals surface area contributed by atoms with Crippen molar-refractivity contribution < 1.29 is 9.59 Å². The van der Waals surface area contributed by atoms with Gasteiger partial charge in [0.2, 0.25) is 11.8 Å². The minimum absolute atomic E-state index is 0.0932. The van der Waals surface area contributed by atoms with E-state index in [9.17, 15) is 9.59 Å². The maximum absolute atomic E-state index is 11.5. The molecule has 1 aromatic carbocycles. The van der Waals surface area contributed by atoms with Gasteiger partial charge in [-0.3, -0.25) is 14.9 Å². The molecule has 0 aromatic heterocycles. The summed E-state index contributed by atoms with van der Waals surface area (Å²) < 4.78 is 0. The Bertz CT molecular complexity index is 379. The smallest absolute Gasteiger partial charge is 0.238 e. The molecule has 0 bridgehead atoms. The average Bonchev–Trinajstić information content (AvgIpc) is 2.37. The van der Waals surface area contributed by atoms with E-state index in [1.807, 2.05) is 37.3 Å². The van der Waals surface area contributed by atoms with Crippen molar-refractivity contribution in [1.82, 2.24) is 10.6 Å². The van der Waals surface area contributed by atoms with Gasteiger partial charge in [-0.2, -0.15) is 0 Å². The van der Waals surface area contributed by atoms with Crippen LogP contribution >= 0.6 is 0 Å². The van der Waals surface area contributed by atoms with E-state index in [4.69, 9.17) is 0 Å². The Hall–Kier alpha value is -1.88. The first-order chi connectivity index (χ1) is 8.72. The third-order valence-corrected chi connectivity index (χ3v) is 2.20. The van der Waals surface area contributed by atoms with Crippen LogP contribution in [0, 0.1) is 0 Å². The number of hydrogen-bond acceptors (Lipinski definition) is 3. The van der Waals surface area contributed by atoms with Gasteiger partial charge in [-0.15, -0.1) is 0 Å². The van der Waals surface area contributed by atoms with Gasteiger partial charge in [0.15, 0.2) is 0 Å². The number of nitrogens with one attached hydrogen (secondary N) is 3. The first kappa shape index (κ1) is 14.2. The number of para-hydroxylation sites is 1. The monoisotopic (exact) mass is 249 g/mol. The summed E-state index contributed by atoms with van der Waals surface area (Å²) in [5.41, 5.74) is 0.750. The molecule has 0 saturated carbocycles. The quantitative estimate of drug-likeness (QED) is 0.667. The molecule has 3 N–H and O–H groups in total. The third kappa shape index (κ3) is 6.00. The highest BCUT2D eigenvalue weighted by Crippen LogP contribution is 2.03. The van der Waals surface area contributed by atoms with E-state index >= 15 is 0 Å². The molecule has 0 aliphatic rings. The van der Waals surface area contributed by atoms with Crippen LogP contribution in [0.2, 0.25) is 0 Å². The van der Waals surface area contributed by atoms with Crippen molar-refractivity contribution in [1.29, 1.82) is 0 Å². The van der Waals surface area contributed by atoms with E-state index in [1.54, 1.807) is 0 Å². The zero-order valence-corrected chi connectivity index (χ0v) is 10.5. The number of benzene rings is 1. The molecule has 0 aliphatic heterocycles. The van der Waals surface area contributed by atoms with Crippen LogP contribution in [0.5, 0.6) is 0 Å². The second kappa shape index (κ2) is 8.25. The number of carbonyl (C=O) groups excluding carboxylic acids is 2. The summed E-state index contributed by atoms with van der Waals surface area (Å²) in [6.07, 6.45) is 0.903. The lowest BCUT2D eigenvalue weighted by Crippen LogP contribution is -2.37. The fourth-order valence-corrected chi connectivity index (χ4v) is 1.34. The molecule has 18 heavy (non-hydrogen) atoms. The lowest BCUT2D eigenvalue weighted by molar-refractivity contribution is -0.120. The zero-order valence-electron chi connectivity index (χ0n) is 10.5. The van der Waals surface area contributed by atoms with Crippen LogP contribution in [0.1, 0.15) is 13.3 Å². The van der Waals surface area contributed by atoms with Gasteiger partial charge in [0, 0.05) is 12.2 Å². The first-order valence-corrected chi connectivity index (χ1v) is 6.04. The van der Waals surface area contributed by atoms with Gasteiger partial charge in [0.05, 0.1) is 13.1 Å². The molecule has 1 aromatic rings. The van der Waals surface area contributed by atoms with Crippen molar-refractivity contribution >= 4 is 17.5 Å². The molecule has 5 heteroatoms. The Balaban J connectivity index is 2.16. The van der Waals surface area contributed by atoms with Crippen molar-refractivity contribution in [2.24, 2.45) is 0 Å². The molecule has 0 spiro atoms. The Kier molecular flexibility index (Phi) is 6.50. The van der Waals surface area contributed by atoms with Gasteiger partial charge >= 0.3 is 0 Å². The molecule has 0 aliphatic carbocycles. The van der Waals surface area contributed by atoms with E-state index in [0.717, 1.165) is 12.1 Å². The second-order valence-corrected chi connectivity index (χ2v) is 3.87. The van der Waals surface area contributed by atoms with Crippen molar-refractivity contribution in [3.63, 3.8) is 0 Å². The van der Waals surface area contributed by atoms with Crippen LogP contribution in [0.3, 0.4) is 0 Å². The van der Waals surface area contributed by atoms with Crippen molar-refractivity contribution in [2.75, 3.05) is 25.0 Å². The van der Waals surface area contributed by atoms with Gasteiger partial charge in [0.1, 0.15) is 0 Å². The largest absolute Gasteiger partial charge is 0.355 e. The van der Waals surface area contributed by atoms with Gasteiger partial charge in [-0.05, 0) is 18.6 Å². The standard InChI is InChI=1S/C13H19N3O2/c1-2-8-15-12(17)9-14-10-13(18)16-11-6-4-3-5-7-11/h3-7,14H,2,8-10H2,1H3,(H,15,17)(H,16,18). The maximum Gasteiger partial charge on any atom is 0.238 e. The van der Waals surface area contributed by atoms with Crippen LogP contribution in [0.15, 0.2) is 30.3 Å². The SMILES string of the molecule is CCCNC(=O)CNCC(=O)Nc1ccccc1. The van der Waals surface area contributed by atoms with Crippen LogP contribution in [0.25, 0.3) is 0 Å². The summed E-state index contributed by atoms with van der Waals surface area (Å²) >= 11 is 0. The van der Waals surface area contributed by atoms with Crippen molar-refractivity contribution in [3.05, 3.63) is 30.3 Å². The minimum Gasteiger partial charge on any atom is -0.355 e. The fraction of sp³-hybridized carbons (Fsp3) is 0.385. The Labute approximate surface area is 107 Å². The molecule has 0 radical (unpaired) electrons. The number of anilines is 1. The van der Waals surface area contributed by atoms with Crippen molar-refractivity contribution in [2.45, 2.75) is 13.3 Å². The van der Waals surface area contributed by atoms with E-state index in [1.165, 1.54) is 0 Å². The summed E-state index contributed by atoms with van der Waals surface area (Å²) in [5.74, 6) is -0.256. The molecular formula is C13H19N3O2. The van der Waals surface area contributed by atoms with Crippen molar-refractivity contribution in [3.8, 4) is 0 Å². The minimum atomic E-state index is -0.163. The Morgan fingerprint density at radius 2 is 1.72 bits per heavy atom. The summed E-state index contributed by atoms with van der Waals surface area (Å²) in [6, 6.07) is 9.20. The molecule has 5 nitrogen and oxygen atoms in total. The van der Waals surface area contributed by atoms with Gasteiger partial charge < -0.3 is 10.6 Å². The molecule has 0 saturated heterocycles. The molecule has 0 unspecified atom stereocenters. The molecule has 1 rings (SSSR count). The lowest BCUT2D eigenvalue weighted by Gasteiger charge is -2.07. The molecular weight excluding hydrogens is 230 g/mol. The van der Waals surface area contributed by atoms with Gasteiger partial charge in [0.25, 0.3) is 0 Å². The summed E-state index contributed by atoms with van der Waals surface area (Å²) in [7, 11) is 0. The number of hydrogen-bond donors (Lipinski definition) is 3. The van der Waals surface area contributed by atoms with E-state index in [2.05, 4.69) is 16.0 Å². The Morgan fingerprint density at radius 3 is 2.39 bits per heavy atom. The van der Waals surface area contributed by atoms with Gasteiger partial charge in [-0.25, -0.2) is 0 Å². The summed E-state index contributed by atoms with van der Waals surface area (Å²) in [5, 5.41) is 8.24. The maximum atomic E-state index is 11.5. The first-order valence-electron chi connectivity index (χ1n) is 6.04. The summed E-state index contributed by atoms with van der Waals surface area (Å²) in [4.78, 5) is 22.7. The van der Waals surface area contributed by atoms with E-state index in [-0.39, 0.29) is 24.9 Å². The molecule has 0 heterocycles. The normalized spacial score (nSPS) is 9.83. The summed E-state index contributed by atoms with van der Waals surface area (Å²) in [6.45, 7) is 2.92. The van der Waals surface area contributed by atoms with E-state index < -0.39 is 0 Å². The van der Waals surface area contributed by atoms with Crippen LogP contribution in [0.4, 0.5) is 5.69 Å². The molecule has 0 fully saturated rings. The second-order valence-electron chi connectivity index (χ2n) is 3.87. The van der Waals surface area contributed by atoms with Crippen LogP contribution < -0.4 is 16.0 Å². The average molecular weight is 249 g/mol. The number of amides is 2. The van der Waals surface area contributed by atoms with Crippen LogP contribution in [-0.2, 0) is 9.59 Å². The molecule has 98 valence electrons. The highest BCUT2D eigenvalue weighted by atomic mass is 16.2. The van der Waals surface area contributed by atoms with Crippen LogP contribution in [-0.4, -0.2) is 31.4 Å². The number of rotatable bonds is 7. The Morgan fingerprint density at radius 1 is 1.06 bits per heavy atom. The lowest BCUT2D eigenvalue weighted by atomic mass is 10.3. The topological polar surface area (TPSA) is 70.2 Å². The zero-order chi connectivity index (χ0) is 13.2. The highest BCUT2D eigenvalue weighted by Gasteiger charge is 2.03. The van der Waals surface area contributed by atoms with Gasteiger partial charge in [-0.1, -0.05) is 25.1 Å². The fourth-order valence-electron chi connectivity index (χ4n) is 1.34.